The minimum Gasteiger partial charge on any atom is -0.481 e. The Morgan fingerprint density at radius 1 is 0.919 bits per heavy atom. The molecule has 1 unspecified atom stereocenters. The lowest BCUT2D eigenvalue weighted by molar-refractivity contribution is -0.119. The highest BCUT2D eigenvalue weighted by Crippen LogP contribution is 2.42. The Labute approximate surface area is 371 Å². The summed E-state index contributed by atoms with van der Waals surface area (Å²) >= 11 is 14.3. The lowest BCUT2D eigenvalue weighted by Gasteiger charge is -2.29. The van der Waals surface area contributed by atoms with Gasteiger partial charge in [0.1, 0.15) is 16.8 Å². The van der Waals surface area contributed by atoms with Crippen molar-refractivity contribution in [3.63, 3.8) is 0 Å². The smallest absolute Gasteiger partial charge is 0.410 e. The molecule has 1 aliphatic rings. The number of alkyl carbamates (subject to hydrolysis) is 1. The predicted molar refractivity (Wildman–Crippen MR) is 240 cm³/mol. The Morgan fingerprint density at radius 2 is 1.58 bits per heavy atom. The van der Waals surface area contributed by atoms with E-state index in [1.165, 1.54) is 11.5 Å². The third kappa shape index (κ3) is 11.4. The van der Waals surface area contributed by atoms with Crippen molar-refractivity contribution in [1.82, 2.24) is 35.2 Å². The zero-order valence-corrected chi connectivity index (χ0v) is 37.7. The van der Waals surface area contributed by atoms with Crippen LogP contribution in [0, 0.1) is 0 Å². The van der Waals surface area contributed by atoms with Crippen molar-refractivity contribution in [3.05, 3.63) is 105 Å². The maximum atomic E-state index is 13.4. The number of amides is 3. The van der Waals surface area contributed by atoms with Gasteiger partial charge >= 0.3 is 12.2 Å². The molecule has 14 nitrogen and oxygen atoms in total. The number of pyridine rings is 2. The minimum absolute atomic E-state index is 0.0438. The number of hydrogen-bond donors (Lipinski definition) is 3. The van der Waals surface area contributed by atoms with E-state index in [9.17, 15) is 19.2 Å². The number of benzene rings is 2. The summed E-state index contributed by atoms with van der Waals surface area (Å²) in [4.78, 5) is 61.7. The van der Waals surface area contributed by atoms with Crippen LogP contribution in [-0.2, 0) is 27.4 Å². The van der Waals surface area contributed by atoms with Crippen LogP contribution >= 0.6 is 23.2 Å². The molecule has 3 aromatic heterocycles. The molecule has 1 fully saturated rings. The molecule has 16 heteroatoms. The number of methoxy groups -OCH3 is 1. The first-order chi connectivity index (χ1) is 29.3. The van der Waals surface area contributed by atoms with E-state index in [2.05, 4.69) is 20.9 Å². The monoisotopic (exact) mass is 885 g/mol. The summed E-state index contributed by atoms with van der Waals surface area (Å²) in [5, 5.41) is 9.79. The van der Waals surface area contributed by atoms with Crippen molar-refractivity contribution in [2.75, 3.05) is 20.2 Å². The third-order valence-electron chi connectivity index (χ3n) is 9.86. The molecule has 2 aromatic carbocycles. The predicted octanol–water partition coefficient (Wildman–Crippen LogP) is 8.42. The molecule has 1 saturated heterocycles. The molecule has 4 heterocycles. The highest BCUT2D eigenvalue weighted by Gasteiger charge is 2.30. The number of fused-ring (bicyclic) bond motifs is 1. The second-order valence-electron chi connectivity index (χ2n) is 17.3. The second kappa shape index (κ2) is 19.1. The van der Waals surface area contributed by atoms with Gasteiger partial charge in [0.25, 0.3) is 5.56 Å². The topological polar surface area (TPSA) is 165 Å². The van der Waals surface area contributed by atoms with Gasteiger partial charge in [0, 0.05) is 83.9 Å². The second-order valence-corrected chi connectivity index (χ2v) is 18.0. The molecule has 3 N–H and O–H groups in total. The molecule has 2 atom stereocenters. The van der Waals surface area contributed by atoms with Gasteiger partial charge in [0.05, 0.1) is 29.4 Å². The van der Waals surface area contributed by atoms with Crippen molar-refractivity contribution >= 4 is 46.9 Å². The van der Waals surface area contributed by atoms with Gasteiger partial charge in [0.2, 0.25) is 11.8 Å². The fraction of sp³-hybridized carbons (Fsp3) is 0.391. The van der Waals surface area contributed by atoms with Crippen LogP contribution in [0.1, 0.15) is 72.4 Å². The van der Waals surface area contributed by atoms with Crippen LogP contribution in [0.5, 0.6) is 5.88 Å². The van der Waals surface area contributed by atoms with E-state index in [0.29, 0.717) is 74.5 Å². The standard InChI is InChI=1S/C46H53Cl2N7O7/c1-27(51-43(58)61-45(2,3)4)22-49-23-30-24-50-37-21-28(19-20-55(37)42(30)57)32-11-9-12-33(39(32)47)34-13-10-14-35(40(34)48)36-17-15-29(41(53-36)60-8)25-54(44(59)62-46(5,6)7)26-31-16-18-38(56)52-31/h9-15,17,19-21,24,27,31,49H,16,18,22-23,25-26H2,1-8H3,(H,51,58)(H,52,56)/t27?,31-/m0/s1. The number of hydrogen-bond acceptors (Lipinski definition) is 10. The third-order valence-corrected chi connectivity index (χ3v) is 10.7. The SMILES string of the molecule is COc1nc(-c2cccc(-c3cccc(-c4ccn5c(=O)c(CNCC(C)NC(=O)OC(C)(C)C)cnc5c4)c3Cl)c2Cl)ccc1CN(C[C@@H]1CCC(=O)N1)C(=O)OC(C)(C)C. The molecule has 0 saturated carbocycles. The summed E-state index contributed by atoms with van der Waals surface area (Å²) in [5.41, 5.74) is 4.05. The number of carbonyl (C=O) groups excluding carboxylic acids is 3. The average Bonchev–Trinajstić information content (AvgIpc) is 3.61. The first-order valence-electron chi connectivity index (χ1n) is 20.4. The van der Waals surface area contributed by atoms with Crippen LogP contribution in [0.15, 0.2) is 77.9 Å². The van der Waals surface area contributed by atoms with Crippen LogP contribution in [0.4, 0.5) is 9.59 Å². The van der Waals surface area contributed by atoms with E-state index in [4.69, 9.17) is 42.4 Å². The summed E-state index contributed by atoms with van der Waals surface area (Å²) in [6, 6.07) is 18.1. The number of nitrogens with one attached hydrogen (secondary N) is 3. The number of nitrogens with zero attached hydrogens (tertiary/aromatic N) is 4. The van der Waals surface area contributed by atoms with Gasteiger partial charge in [-0.05, 0) is 84.7 Å². The van der Waals surface area contributed by atoms with E-state index in [0.717, 1.165) is 11.1 Å². The number of carbonyl (C=O) groups is 3. The molecule has 6 rings (SSSR count). The van der Waals surface area contributed by atoms with Crippen LogP contribution in [0.3, 0.4) is 0 Å². The highest BCUT2D eigenvalue weighted by atomic mass is 35.5. The summed E-state index contributed by atoms with van der Waals surface area (Å²) in [7, 11) is 1.51. The molecular weight excluding hydrogens is 833 g/mol. The average molecular weight is 887 g/mol. The van der Waals surface area contributed by atoms with Gasteiger partial charge in [-0.3, -0.25) is 14.0 Å². The van der Waals surface area contributed by atoms with Crippen molar-refractivity contribution in [2.24, 2.45) is 0 Å². The first kappa shape index (κ1) is 45.8. The Bertz CT molecular complexity index is 2530. The Morgan fingerprint density at radius 3 is 2.23 bits per heavy atom. The maximum absolute atomic E-state index is 13.4. The molecule has 0 bridgehead atoms. The fourth-order valence-electron chi connectivity index (χ4n) is 7.02. The molecule has 0 spiro atoms. The first-order valence-corrected chi connectivity index (χ1v) is 21.2. The van der Waals surface area contributed by atoms with Gasteiger partial charge in [0.15, 0.2) is 0 Å². The molecule has 62 heavy (non-hydrogen) atoms. The van der Waals surface area contributed by atoms with E-state index in [1.807, 2.05) is 61.5 Å². The zero-order valence-electron chi connectivity index (χ0n) is 36.2. The lowest BCUT2D eigenvalue weighted by Crippen LogP contribution is -2.43. The number of aromatic nitrogens is 3. The summed E-state index contributed by atoms with van der Waals surface area (Å²) in [6.07, 6.45) is 3.24. The quantitative estimate of drug-likeness (QED) is 0.105. The number of rotatable bonds is 13. The van der Waals surface area contributed by atoms with Crippen molar-refractivity contribution in [3.8, 4) is 39.4 Å². The van der Waals surface area contributed by atoms with Gasteiger partial charge < -0.3 is 35.1 Å². The zero-order chi connectivity index (χ0) is 44.9. The number of ether oxygens (including phenoxy) is 3. The van der Waals surface area contributed by atoms with Gasteiger partial charge in [-0.1, -0.05) is 59.6 Å². The Kier molecular flexibility index (Phi) is 14.1. The van der Waals surface area contributed by atoms with E-state index < -0.39 is 23.4 Å². The molecule has 0 aliphatic carbocycles. The van der Waals surface area contributed by atoms with Crippen LogP contribution in [0.2, 0.25) is 10.0 Å². The van der Waals surface area contributed by atoms with Crippen molar-refractivity contribution < 1.29 is 28.6 Å². The van der Waals surface area contributed by atoms with Crippen molar-refractivity contribution in [2.45, 2.75) is 97.7 Å². The molecule has 1 aliphatic heterocycles. The number of halogens is 2. The molecular formula is C46H53Cl2N7O7. The van der Waals surface area contributed by atoms with E-state index >= 15 is 0 Å². The summed E-state index contributed by atoms with van der Waals surface area (Å²) < 4.78 is 18.2. The van der Waals surface area contributed by atoms with Crippen LogP contribution < -0.4 is 26.2 Å². The van der Waals surface area contributed by atoms with Crippen LogP contribution in [-0.4, -0.2) is 80.8 Å². The van der Waals surface area contributed by atoms with E-state index in [1.54, 1.807) is 64.9 Å². The van der Waals surface area contributed by atoms with Gasteiger partial charge in [-0.25, -0.2) is 19.6 Å². The van der Waals surface area contributed by atoms with Crippen molar-refractivity contribution in [1.29, 1.82) is 0 Å². The lowest BCUT2D eigenvalue weighted by atomic mass is 9.97. The molecule has 0 radical (unpaired) electrons. The Hall–Kier alpha value is -5.70. The molecule has 328 valence electrons. The normalized spacial score (nSPS) is 14.6. The van der Waals surface area contributed by atoms with Crippen LogP contribution in [0.25, 0.3) is 39.2 Å². The summed E-state index contributed by atoms with van der Waals surface area (Å²) in [5.74, 6) is 0.264. The molecule has 5 aromatic rings. The van der Waals surface area contributed by atoms with E-state index in [-0.39, 0.29) is 43.2 Å². The largest absolute Gasteiger partial charge is 0.481 e. The molecule has 3 amide bonds. The van der Waals surface area contributed by atoms with Gasteiger partial charge in [-0.15, -0.1) is 0 Å². The maximum Gasteiger partial charge on any atom is 0.410 e. The minimum atomic E-state index is -0.715. The Balaban J connectivity index is 1.21. The fourth-order valence-corrected chi connectivity index (χ4v) is 7.68. The highest BCUT2D eigenvalue weighted by molar-refractivity contribution is 6.39. The van der Waals surface area contributed by atoms with Gasteiger partial charge in [-0.2, -0.15) is 0 Å². The summed E-state index contributed by atoms with van der Waals surface area (Å²) in [6.45, 7) is 13.7.